The maximum absolute atomic E-state index is 13.7. The molecule has 5 aliphatic carbocycles. The van der Waals surface area contributed by atoms with Gasteiger partial charge in [-0.15, -0.1) is 0 Å². The van der Waals surface area contributed by atoms with Crippen LogP contribution in [0.1, 0.15) is 99.8 Å². The lowest BCUT2D eigenvalue weighted by molar-refractivity contribution is -0.182. The molecule has 0 heterocycles. The third kappa shape index (κ3) is 3.41. The topological polar surface area (TPSA) is 89.6 Å². The lowest BCUT2D eigenvalue weighted by Gasteiger charge is -2.69. The van der Waals surface area contributed by atoms with Crippen molar-refractivity contribution in [2.24, 2.45) is 50.1 Å². The Balaban J connectivity index is 1.62. The Labute approximate surface area is 223 Å². The van der Waals surface area contributed by atoms with Crippen LogP contribution in [-0.2, 0) is 14.3 Å². The highest BCUT2D eigenvalue weighted by Crippen LogP contribution is 2.73. The molecule has 5 nitrogen and oxygen atoms in total. The SMILES string of the molecule is CC1(C(=O)OCCN)CC(=O)C2(C)CCC3(C)C(=C2C1)C=CC1C2(C)CCC(O)C(C)(C)C2CCC13C. The second-order valence-corrected chi connectivity index (χ2v) is 15.0. The fourth-order valence-electron chi connectivity index (χ4n) is 10.1. The van der Waals surface area contributed by atoms with Gasteiger partial charge in [-0.05, 0) is 97.9 Å². The van der Waals surface area contributed by atoms with Crippen LogP contribution in [0.4, 0.5) is 0 Å². The minimum Gasteiger partial charge on any atom is -0.464 e. The van der Waals surface area contributed by atoms with Crippen LogP contribution in [0.3, 0.4) is 0 Å². The fraction of sp³-hybridized carbons (Fsp3) is 0.812. The lowest BCUT2D eigenvalue weighted by atomic mass is 9.35. The van der Waals surface area contributed by atoms with E-state index < -0.39 is 10.8 Å². The molecule has 5 aliphatic rings. The molecule has 0 radical (unpaired) electrons. The van der Waals surface area contributed by atoms with E-state index in [1.54, 1.807) is 0 Å². The van der Waals surface area contributed by atoms with E-state index in [-0.39, 0.29) is 59.1 Å². The number of carbonyl (C=O) groups excluding carboxylic acids is 2. The molecule has 8 unspecified atom stereocenters. The van der Waals surface area contributed by atoms with Crippen molar-refractivity contribution >= 4 is 11.8 Å². The molecule has 206 valence electrons. The van der Waals surface area contributed by atoms with Crippen LogP contribution in [0.2, 0.25) is 0 Å². The van der Waals surface area contributed by atoms with Gasteiger partial charge in [-0.3, -0.25) is 9.59 Å². The van der Waals surface area contributed by atoms with Crippen LogP contribution in [0.25, 0.3) is 0 Å². The van der Waals surface area contributed by atoms with Gasteiger partial charge in [0.2, 0.25) is 0 Å². The van der Waals surface area contributed by atoms with Crippen molar-refractivity contribution in [1.82, 2.24) is 0 Å². The maximum Gasteiger partial charge on any atom is 0.312 e. The summed E-state index contributed by atoms with van der Waals surface area (Å²) in [5.74, 6) is 0.780. The molecule has 5 heteroatoms. The van der Waals surface area contributed by atoms with Gasteiger partial charge in [0.25, 0.3) is 0 Å². The van der Waals surface area contributed by atoms with Crippen molar-refractivity contribution in [1.29, 1.82) is 0 Å². The normalized spacial score (nSPS) is 48.5. The third-order valence-electron chi connectivity index (χ3n) is 12.9. The van der Waals surface area contributed by atoms with Crippen LogP contribution in [0.15, 0.2) is 23.3 Å². The van der Waals surface area contributed by atoms with Crippen LogP contribution >= 0.6 is 0 Å². The van der Waals surface area contributed by atoms with E-state index in [0.29, 0.717) is 18.3 Å². The molecule has 0 amide bonds. The number of Topliss-reactive ketones (excluding diaryl/α,β-unsaturated/α-hetero) is 1. The first-order valence-corrected chi connectivity index (χ1v) is 14.6. The van der Waals surface area contributed by atoms with E-state index in [9.17, 15) is 14.7 Å². The van der Waals surface area contributed by atoms with Crippen molar-refractivity contribution in [3.63, 3.8) is 0 Å². The molecule has 0 aliphatic heterocycles. The van der Waals surface area contributed by atoms with E-state index in [1.165, 1.54) is 11.1 Å². The molecule has 5 rings (SSSR count). The molecule has 0 saturated heterocycles. The zero-order valence-corrected chi connectivity index (χ0v) is 24.2. The van der Waals surface area contributed by atoms with Crippen LogP contribution in [0.5, 0.6) is 0 Å². The minimum absolute atomic E-state index is 0.0604. The van der Waals surface area contributed by atoms with E-state index >= 15 is 0 Å². The first-order chi connectivity index (χ1) is 17.1. The number of fused-ring (bicyclic) bond motifs is 6. The highest BCUT2D eigenvalue weighted by Gasteiger charge is 2.67. The van der Waals surface area contributed by atoms with Gasteiger partial charge in [0.15, 0.2) is 0 Å². The van der Waals surface area contributed by atoms with Crippen molar-refractivity contribution in [2.75, 3.05) is 13.2 Å². The molecule has 0 spiro atoms. The van der Waals surface area contributed by atoms with Gasteiger partial charge in [-0.2, -0.15) is 0 Å². The summed E-state index contributed by atoms with van der Waals surface area (Å²) >= 11 is 0. The fourth-order valence-corrected chi connectivity index (χ4v) is 10.1. The number of esters is 1. The summed E-state index contributed by atoms with van der Waals surface area (Å²) in [6, 6.07) is 0. The minimum atomic E-state index is -0.842. The summed E-state index contributed by atoms with van der Waals surface area (Å²) in [4.78, 5) is 26.8. The number of aliphatic hydroxyl groups excluding tert-OH is 1. The summed E-state index contributed by atoms with van der Waals surface area (Å²) in [5.41, 5.74) is 6.77. The van der Waals surface area contributed by atoms with Crippen molar-refractivity contribution in [3.05, 3.63) is 23.3 Å². The van der Waals surface area contributed by atoms with E-state index in [2.05, 4.69) is 53.7 Å². The maximum atomic E-state index is 13.7. The molecule has 8 atom stereocenters. The Bertz CT molecular complexity index is 1070. The average molecular weight is 512 g/mol. The first kappa shape index (κ1) is 27.1. The van der Waals surface area contributed by atoms with Gasteiger partial charge in [0.1, 0.15) is 12.4 Å². The van der Waals surface area contributed by atoms with Gasteiger partial charge in [-0.1, -0.05) is 52.3 Å². The first-order valence-electron chi connectivity index (χ1n) is 14.6. The Morgan fingerprint density at radius 2 is 1.73 bits per heavy atom. The summed E-state index contributed by atoms with van der Waals surface area (Å²) in [6.07, 6.45) is 11.4. The van der Waals surface area contributed by atoms with Crippen molar-refractivity contribution < 1.29 is 19.4 Å². The number of carbonyl (C=O) groups is 2. The number of ether oxygens (including phenoxy) is 1. The summed E-state index contributed by atoms with van der Waals surface area (Å²) in [7, 11) is 0. The summed E-state index contributed by atoms with van der Waals surface area (Å²) < 4.78 is 5.48. The van der Waals surface area contributed by atoms with Gasteiger partial charge < -0.3 is 15.6 Å². The molecule has 3 fully saturated rings. The zero-order chi connectivity index (χ0) is 27.2. The highest BCUT2D eigenvalue weighted by atomic mass is 16.5. The molecular weight excluding hydrogens is 462 g/mol. The summed E-state index contributed by atoms with van der Waals surface area (Å²) in [5, 5.41) is 10.9. The van der Waals surface area contributed by atoms with Gasteiger partial charge in [0.05, 0.1) is 11.5 Å². The predicted octanol–water partition coefficient (Wildman–Crippen LogP) is 5.75. The smallest absolute Gasteiger partial charge is 0.312 e. The number of aliphatic hydroxyl groups is 1. The molecular formula is C32H49NO4. The second-order valence-electron chi connectivity index (χ2n) is 15.0. The van der Waals surface area contributed by atoms with Crippen molar-refractivity contribution in [3.8, 4) is 0 Å². The van der Waals surface area contributed by atoms with Gasteiger partial charge in [-0.25, -0.2) is 0 Å². The molecule has 0 aromatic rings. The Morgan fingerprint density at radius 1 is 1.03 bits per heavy atom. The number of rotatable bonds is 3. The van der Waals surface area contributed by atoms with E-state index in [0.717, 1.165) is 38.5 Å². The molecule has 0 aromatic heterocycles. The number of ketones is 1. The Hall–Kier alpha value is -1.46. The number of nitrogens with two attached hydrogens (primary N) is 1. The van der Waals surface area contributed by atoms with E-state index in [1.807, 2.05) is 6.92 Å². The third-order valence-corrected chi connectivity index (χ3v) is 12.9. The highest BCUT2D eigenvalue weighted by molar-refractivity contribution is 5.95. The summed E-state index contributed by atoms with van der Waals surface area (Å²) in [6.45, 7) is 16.5. The molecule has 0 aromatic carbocycles. The van der Waals surface area contributed by atoms with Crippen LogP contribution < -0.4 is 5.73 Å². The standard InChI is InChI=1S/C32H49NO4/c1-27(2)22-10-13-32(7)23(30(22,5)12-11-24(27)34)9-8-20-21-18-28(3,26(36)37-17-16-33)19-25(35)29(21,4)14-15-31(20,32)6/h8-9,22-24,34H,10-19,33H2,1-7H3. The monoisotopic (exact) mass is 511 g/mol. The molecule has 37 heavy (non-hydrogen) atoms. The van der Waals surface area contributed by atoms with Gasteiger partial charge >= 0.3 is 5.97 Å². The zero-order valence-electron chi connectivity index (χ0n) is 24.2. The molecule has 3 saturated carbocycles. The number of hydrogen-bond acceptors (Lipinski definition) is 5. The Morgan fingerprint density at radius 3 is 2.41 bits per heavy atom. The van der Waals surface area contributed by atoms with E-state index in [4.69, 9.17) is 10.5 Å². The predicted molar refractivity (Wildman–Crippen MR) is 145 cm³/mol. The van der Waals surface area contributed by atoms with Gasteiger partial charge in [0, 0.05) is 18.4 Å². The van der Waals surface area contributed by atoms with Crippen LogP contribution in [-0.4, -0.2) is 36.1 Å². The van der Waals surface area contributed by atoms with Crippen LogP contribution in [0, 0.1) is 44.3 Å². The van der Waals surface area contributed by atoms with Crippen molar-refractivity contribution in [2.45, 2.75) is 106 Å². The molecule has 3 N–H and O–H groups in total. The average Bonchev–Trinajstić information content (AvgIpc) is 2.82. The Kier molecular flexibility index (Phi) is 6.06. The quantitative estimate of drug-likeness (QED) is 0.471. The second kappa shape index (κ2) is 8.27. The lowest BCUT2D eigenvalue weighted by Crippen LogP contribution is -2.63. The largest absolute Gasteiger partial charge is 0.464 e. The molecule has 0 bridgehead atoms. The number of allylic oxidation sites excluding steroid dienone is 4. The number of hydrogen-bond donors (Lipinski definition) is 2.